The Hall–Kier alpha value is -1.55. The zero-order chi connectivity index (χ0) is 15.5. The van der Waals surface area contributed by atoms with Crippen LogP contribution in [0.4, 0.5) is 4.79 Å². The van der Waals surface area contributed by atoms with E-state index in [0.29, 0.717) is 6.54 Å². The van der Waals surface area contributed by atoms with Gasteiger partial charge in [-0.2, -0.15) is 0 Å². The lowest BCUT2D eigenvalue weighted by Crippen LogP contribution is -2.44. The molecule has 21 heavy (non-hydrogen) atoms. The van der Waals surface area contributed by atoms with Gasteiger partial charge in [0.25, 0.3) is 0 Å². The van der Waals surface area contributed by atoms with E-state index in [1.807, 2.05) is 26.8 Å². The number of carbonyl (C=O) groups is 1. The average molecular weight is 290 g/mol. The van der Waals surface area contributed by atoms with Crippen molar-refractivity contribution in [3.63, 3.8) is 0 Å². The maximum atomic E-state index is 11.9. The number of alkyl carbamates (subject to hydrolysis) is 1. The van der Waals surface area contributed by atoms with Crippen molar-refractivity contribution >= 4 is 6.09 Å². The quantitative estimate of drug-likeness (QED) is 0.876. The lowest BCUT2D eigenvalue weighted by Gasteiger charge is -2.26. The molecule has 1 aromatic rings. The third kappa shape index (κ3) is 4.46. The number of amides is 1. The van der Waals surface area contributed by atoms with E-state index >= 15 is 0 Å². The molecule has 1 aliphatic carbocycles. The van der Waals surface area contributed by atoms with Gasteiger partial charge in [-0.15, -0.1) is 0 Å². The summed E-state index contributed by atoms with van der Waals surface area (Å²) >= 11 is 0. The molecule has 4 heteroatoms. The normalized spacial score (nSPS) is 17.9. The van der Waals surface area contributed by atoms with Gasteiger partial charge in [-0.1, -0.05) is 30.3 Å². The molecule has 1 atom stereocenters. The van der Waals surface area contributed by atoms with Crippen molar-refractivity contribution in [3.05, 3.63) is 35.9 Å². The number of hydrogen-bond donors (Lipinski definition) is 2. The Kier molecular flexibility index (Phi) is 4.57. The highest BCUT2D eigenvalue weighted by Gasteiger charge is 2.45. The summed E-state index contributed by atoms with van der Waals surface area (Å²) in [5.41, 5.74) is 6.86. The summed E-state index contributed by atoms with van der Waals surface area (Å²) in [5, 5.41) is 2.90. The zero-order valence-corrected chi connectivity index (χ0v) is 13.2. The van der Waals surface area contributed by atoms with Crippen molar-refractivity contribution in [2.75, 3.05) is 6.54 Å². The molecule has 0 bridgehead atoms. The van der Waals surface area contributed by atoms with Gasteiger partial charge in [0.2, 0.25) is 0 Å². The molecule has 2 rings (SSSR count). The van der Waals surface area contributed by atoms with Gasteiger partial charge in [0.1, 0.15) is 5.60 Å². The third-order valence-electron chi connectivity index (χ3n) is 3.88. The highest BCUT2D eigenvalue weighted by Crippen LogP contribution is 2.51. The van der Waals surface area contributed by atoms with Gasteiger partial charge < -0.3 is 15.8 Å². The zero-order valence-electron chi connectivity index (χ0n) is 13.2. The van der Waals surface area contributed by atoms with Gasteiger partial charge in [0, 0.05) is 12.6 Å². The SMILES string of the molecule is CC(C)(C)OC(=O)NC(CN)CC1(c2ccccc2)CC1. The number of hydrogen-bond acceptors (Lipinski definition) is 3. The summed E-state index contributed by atoms with van der Waals surface area (Å²) < 4.78 is 5.31. The van der Waals surface area contributed by atoms with Gasteiger partial charge in [-0.25, -0.2) is 4.79 Å². The molecule has 0 aliphatic heterocycles. The fourth-order valence-corrected chi connectivity index (χ4v) is 2.69. The molecule has 1 fully saturated rings. The molecule has 4 nitrogen and oxygen atoms in total. The molecule has 1 saturated carbocycles. The Balaban J connectivity index is 1.95. The second-order valence-electron chi connectivity index (χ2n) is 6.93. The molecular formula is C17H26N2O2. The van der Waals surface area contributed by atoms with Crippen LogP contribution < -0.4 is 11.1 Å². The number of nitrogens with two attached hydrogens (primary N) is 1. The molecule has 0 aromatic heterocycles. The second kappa shape index (κ2) is 6.06. The first-order chi connectivity index (χ1) is 9.85. The van der Waals surface area contributed by atoms with Crippen molar-refractivity contribution in [2.24, 2.45) is 5.73 Å². The van der Waals surface area contributed by atoms with E-state index < -0.39 is 5.60 Å². The van der Waals surface area contributed by atoms with E-state index in [1.165, 1.54) is 5.56 Å². The first-order valence-electron chi connectivity index (χ1n) is 7.60. The maximum Gasteiger partial charge on any atom is 0.407 e. The highest BCUT2D eigenvalue weighted by molar-refractivity contribution is 5.68. The number of carbonyl (C=O) groups excluding carboxylic acids is 1. The van der Waals surface area contributed by atoms with Crippen molar-refractivity contribution in [1.29, 1.82) is 0 Å². The average Bonchev–Trinajstić information content (AvgIpc) is 3.18. The van der Waals surface area contributed by atoms with Crippen LogP contribution in [-0.2, 0) is 10.2 Å². The van der Waals surface area contributed by atoms with Crippen LogP contribution in [0.1, 0.15) is 45.6 Å². The number of ether oxygens (including phenoxy) is 1. The first-order valence-corrected chi connectivity index (χ1v) is 7.60. The van der Waals surface area contributed by atoms with E-state index in [9.17, 15) is 4.79 Å². The number of benzene rings is 1. The minimum absolute atomic E-state index is 0.0532. The minimum Gasteiger partial charge on any atom is -0.444 e. The van der Waals surface area contributed by atoms with Gasteiger partial charge >= 0.3 is 6.09 Å². The lowest BCUT2D eigenvalue weighted by atomic mass is 9.89. The van der Waals surface area contributed by atoms with Crippen LogP contribution in [0.25, 0.3) is 0 Å². The fourth-order valence-electron chi connectivity index (χ4n) is 2.69. The number of rotatable bonds is 5. The van der Waals surface area contributed by atoms with E-state index in [2.05, 4.69) is 29.6 Å². The van der Waals surface area contributed by atoms with E-state index in [0.717, 1.165) is 19.3 Å². The summed E-state index contributed by atoms with van der Waals surface area (Å²) in [6, 6.07) is 10.4. The van der Waals surface area contributed by atoms with Gasteiger partial charge in [-0.3, -0.25) is 0 Å². The van der Waals surface area contributed by atoms with E-state index in [4.69, 9.17) is 10.5 Å². The standard InChI is InChI=1S/C17H26N2O2/c1-16(2,3)21-15(20)19-14(12-18)11-17(9-10-17)13-7-5-4-6-8-13/h4-8,14H,9-12,18H2,1-3H3,(H,19,20). The van der Waals surface area contributed by atoms with Crippen LogP contribution in [0.3, 0.4) is 0 Å². The summed E-state index contributed by atoms with van der Waals surface area (Å²) in [7, 11) is 0. The fraction of sp³-hybridized carbons (Fsp3) is 0.588. The van der Waals surface area contributed by atoms with Crippen LogP contribution in [0.5, 0.6) is 0 Å². The highest BCUT2D eigenvalue weighted by atomic mass is 16.6. The van der Waals surface area contributed by atoms with Crippen LogP contribution in [-0.4, -0.2) is 24.3 Å². The Morgan fingerprint density at radius 3 is 2.43 bits per heavy atom. The predicted molar refractivity (Wildman–Crippen MR) is 84.2 cm³/mol. The summed E-state index contributed by atoms with van der Waals surface area (Å²) in [5.74, 6) is 0. The monoisotopic (exact) mass is 290 g/mol. The molecule has 1 aliphatic rings. The maximum absolute atomic E-state index is 11.9. The van der Waals surface area contributed by atoms with E-state index in [-0.39, 0.29) is 17.6 Å². The van der Waals surface area contributed by atoms with Crippen LogP contribution >= 0.6 is 0 Å². The molecular weight excluding hydrogens is 264 g/mol. The smallest absolute Gasteiger partial charge is 0.407 e. The van der Waals surface area contributed by atoms with Crippen molar-refractivity contribution in [2.45, 2.75) is 57.1 Å². The topological polar surface area (TPSA) is 64.3 Å². The molecule has 0 spiro atoms. The Morgan fingerprint density at radius 1 is 1.33 bits per heavy atom. The van der Waals surface area contributed by atoms with Gasteiger partial charge in [-0.05, 0) is 51.0 Å². The molecule has 0 saturated heterocycles. The van der Waals surface area contributed by atoms with E-state index in [1.54, 1.807) is 0 Å². The second-order valence-corrected chi connectivity index (χ2v) is 6.93. The predicted octanol–water partition coefficient (Wildman–Crippen LogP) is 2.96. The summed E-state index contributed by atoms with van der Waals surface area (Å²) in [6.45, 7) is 6.00. The van der Waals surface area contributed by atoms with Crippen LogP contribution in [0.15, 0.2) is 30.3 Å². The van der Waals surface area contributed by atoms with Crippen LogP contribution in [0.2, 0.25) is 0 Å². The third-order valence-corrected chi connectivity index (χ3v) is 3.88. The molecule has 0 heterocycles. The number of nitrogens with one attached hydrogen (secondary N) is 1. The molecule has 0 radical (unpaired) electrons. The molecule has 1 unspecified atom stereocenters. The van der Waals surface area contributed by atoms with Crippen molar-refractivity contribution < 1.29 is 9.53 Å². The lowest BCUT2D eigenvalue weighted by molar-refractivity contribution is 0.0501. The Bertz CT molecular complexity index is 475. The van der Waals surface area contributed by atoms with Crippen LogP contribution in [0, 0.1) is 0 Å². The van der Waals surface area contributed by atoms with Crippen molar-refractivity contribution in [1.82, 2.24) is 5.32 Å². The Morgan fingerprint density at radius 2 is 1.95 bits per heavy atom. The largest absolute Gasteiger partial charge is 0.444 e. The molecule has 1 amide bonds. The summed E-state index contributed by atoms with van der Waals surface area (Å²) in [6.07, 6.45) is 2.79. The van der Waals surface area contributed by atoms with Gasteiger partial charge in [0.05, 0.1) is 0 Å². The summed E-state index contributed by atoms with van der Waals surface area (Å²) in [4.78, 5) is 11.9. The Labute approximate surface area is 127 Å². The minimum atomic E-state index is -0.486. The van der Waals surface area contributed by atoms with Gasteiger partial charge in [0.15, 0.2) is 0 Å². The first kappa shape index (κ1) is 15.8. The molecule has 116 valence electrons. The molecule has 3 N–H and O–H groups in total. The molecule has 1 aromatic carbocycles. The van der Waals surface area contributed by atoms with Crippen molar-refractivity contribution in [3.8, 4) is 0 Å².